The van der Waals surface area contributed by atoms with Gasteiger partial charge in [0.25, 0.3) is 0 Å². The van der Waals surface area contributed by atoms with Crippen LogP contribution < -0.4 is 15.4 Å². The molecule has 2 aliphatic rings. The van der Waals surface area contributed by atoms with Gasteiger partial charge in [0.2, 0.25) is 5.91 Å². The van der Waals surface area contributed by atoms with Crippen molar-refractivity contribution in [3.63, 3.8) is 0 Å². The molecule has 1 amide bonds. The maximum Gasteiger partial charge on any atom is 0.238 e. The summed E-state index contributed by atoms with van der Waals surface area (Å²) in [4.78, 5) is 12.0. The van der Waals surface area contributed by atoms with E-state index >= 15 is 0 Å². The molecule has 1 fully saturated rings. The van der Waals surface area contributed by atoms with Gasteiger partial charge in [-0.25, -0.2) is 0 Å². The van der Waals surface area contributed by atoms with Crippen LogP contribution in [-0.2, 0) is 11.2 Å². The largest absolute Gasteiger partial charge is 0.491 e. The van der Waals surface area contributed by atoms with E-state index in [0.29, 0.717) is 6.61 Å². The Morgan fingerprint density at radius 2 is 2.33 bits per heavy atom. The van der Waals surface area contributed by atoms with E-state index < -0.39 is 0 Å². The van der Waals surface area contributed by atoms with Crippen molar-refractivity contribution in [2.24, 2.45) is 0 Å². The molecule has 0 aliphatic carbocycles. The molecule has 5 heteroatoms. The van der Waals surface area contributed by atoms with Gasteiger partial charge in [-0.3, -0.25) is 10.1 Å². The van der Waals surface area contributed by atoms with Gasteiger partial charge in [0.15, 0.2) is 0 Å². The van der Waals surface area contributed by atoms with Crippen molar-refractivity contribution in [3.8, 4) is 5.75 Å². The highest BCUT2D eigenvalue weighted by atomic mass is 32.2. The van der Waals surface area contributed by atoms with Gasteiger partial charge >= 0.3 is 0 Å². The van der Waals surface area contributed by atoms with Gasteiger partial charge < -0.3 is 10.1 Å². The number of thioether (sulfide) groups is 1. The number of fused-ring (bicyclic) bond motifs is 1. The maximum atomic E-state index is 12.0. The first-order valence-electron chi connectivity index (χ1n) is 6.15. The van der Waals surface area contributed by atoms with Crippen LogP contribution >= 0.6 is 11.8 Å². The third-order valence-electron chi connectivity index (χ3n) is 3.26. The first-order valence-corrected chi connectivity index (χ1v) is 7.30. The number of carbonyl (C=O) groups excluding carboxylic acids is 1. The summed E-state index contributed by atoms with van der Waals surface area (Å²) in [7, 11) is 0. The second kappa shape index (κ2) is 5.20. The third kappa shape index (κ3) is 2.47. The molecule has 1 aromatic rings. The van der Waals surface area contributed by atoms with Crippen molar-refractivity contribution in [1.29, 1.82) is 0 Å². The molecule has 1 saturated heterocycles. The Balaban J connectivity index is 1.60. The van der Waals surface area contributed by atoms with Gasteiger partial charge in [-0.2, -0.15) is 0 Å². The van der Waals surface area contributed by atoms with Crippen LogP contribution in [0.2, 0.25) is 0 Å². The minimum Gasteiger partial charge on any atom is -0.491 e. The molecular formula is C13H16N2O2S. The SMILES string of the molecule is O=C(N[C@@H]1COc2ccccc2C1)[C@H]1CSCN1. The second-order valence-electron chi connectivity index (χ2n) is 4.60. The molecule has 2 atom stereocenters. The van der Waals surface area contributed by atoms with E-state index in [1.807, 2.05) is 18.2 Å². The molecule has 3 rings (SSSR count). The monoisotopic (exact) mass is 264 g/mol. The summed E-state index contributed by atoms with van der Waals surface area (Å²) in [6, 6.07) is 8.03. The van der Waals surface area contributed by atoms with Crippen molar-refractivity contribution in [3.05, 3.63) is 29.8 Å². The van der Waals surface area contributed by atoms with Crippen LogP contribution in [0.25, 0.3) is 0 Å². The molecule has 18 heavy (non-hydrogen) atoms. The number of rotatable bonds is 2. The average molecular weight is 264 g/mol. The van der Waals surface area contributed by atoms with Crippen molar-refractivity contribution in [2.45, 2.75) is 18.5 Å². The van der Waals surface area contributed by atoms with Gasteiger partial charge in [-0.05, 0) is 18.1 Å². The van der Waals surface area contributed by atoms with Crippen molar-refractivity contribution in [1.82, 2.24) is 10.6 Å². The molecule has 0 spiro atoms. The number of carbonyl (C=O) groups is 1. The Morgan fingerprint density at radius 3 is 3.17 bits per heavy atom. The Kier molecular flexibility index (Phi) is 3.43. The number of amides is 1. The van der Waals surface area contributed by atoms with E-state index in [9.17, 15) is 4.79 Å². The van der Waals surface area contributed by atoms with Gasteiger partial charge in [0, 0.05) is 11.6 Å². The number of hydrogen-bond acceptors (Lipinski definition) is 4. The lowest BCUT2D eigenvalue weighted by molar-refractivity contribution is -0.123. The topological polar surface area (TPSA) is 50.4 Å². The maximum absolute atomic E-state index is 12.0. The van der Waals surface area contributed by atoms with Gasteiger partial charge in [0.1, 0.15) is 12.4 Å². The molecule has 1 aromatic carbocycles. The normalized spacial score (nSPS) is 26.2. The van der Waals surface area contributed by atoms with Crippen LogP contribution in [0.15, 0.2) is 24.3 Å². The van der Waals surface area contributed by atoms with Crippen molar-refractivity contribution < 1.29 is 9.53 Å². The molecule has 2 heterocycles. The Bertz CT molecular complexity index is 446. The Morgan fingerprint density at radius 1 is 1.44 bits per heavy atom. The summed E-state index contributed by atoms with van der Waals surface area (Å²) in [5.41, 5.74) is 1.17. The summed E-state index contributed by atoms with van der Waals surface area (Å²) < 4.78 is 5.66. The lowest BCUT2D eigenvalue weighted by Crippen LogP contribution is -2.50. The molecule has 96 valence electrons. The van der Waals surface area contributed by atoms with Crippen LogP contribution in [0, 0.1) is 0 Å². The van der Waals surface area contributed by atoms with Crippen molar-refractivity contribution >= 4 is 17.7 Å². The lowest BCUT2D eigenvalue weighted by Gasteiger charge is -2.26. The molecule has 0 aromatic heterocycles. The molecular weight excluding hydrogens is 248 g/mol. The first kappa shape index (κ1) is 11.9. The Hall–Kier alpha value is -1.20. The van der Waals surface area contributed by atoms with E-state index in [1.54, 1.807) is 11.8 Å². The minimum atomic E-state index is -0.0489. The van der Waals surface area contributed by atoms with E-state index in [4.69, 9.17) is 4.74 Å². The smallest absolute Gasteiger partial charge is 0.238 e. The summed E-state index contributed by atoms with van der Waals surface area (Å²) in [5.74, 6) is 2.75. The zero-order chi connectivity index (χ0) is 12.4. The predicted octanol–water partition coefficient (Wildman–Crippen LogP) is 0.769. The first-order chi connectivity index (χ1) is 8.83. The molecule has 4 nitrogen and oxygen atoms in total. The predicted molar refractivity (Wildman–Crippen MR) is 71.8 cm³/mol. The molecule has 2 N–H and O–H groups in total. The zero-order valence-electron chi connectivity index (χ0n) is 10.0. The summed E-state index contributed by atoms with van der Waals surface area (Å²) >= 11 is 1.76. The second-order valence-corrected chi connectivity index (χ2v) is 5.63. The van der Waals surface area contributed by atoms with Gasteiger partial charge in [0.05, 0.1) is 12.1 Å². The minimum absolute atomic E-state index is 0.0489. The highest BCUT2D eigenvalue weighted by Crippen LogP contribution is 2.24. The van der Waals surface area contributed by atoms with E-state index in [1.165, 1.54) is 5.56 Å². The van der Waals surface area contributed by atoms with E-state index in [2.05, 4.69) is 16.7 Å². The fourth-order valence-electron chi connectivity index (χ4n) is 2.29. The van der Waals surface area contributed by atoms with Gasteiger partial charge in [-0.15, -0.1) is 11.8 Å². The average Bonchev–Trinajstić information content (AvgIpc) is 2.92. The van der Waals surface area contributed by atoms with E-state index in [-0.39, 0.29) is 18.0 Å². The number of nitrogens with one attached hydrogen (secondary N) is 2. The number of para-hydroxylation sites is 1. The molecule has 0 radical (unpaired) electrons. The molecule has 0 saturated carbocycles. The highest BCUT2D eigenvalue weighted by molar-refractivity contribution is 7.99. The highest BCUT2D eigenvalue weighted by Gasteiger charge is 2.26. The van der Waals surface area contributed by atoms with Crippen molar-refractivity contribution in [2.75, 3.05) is 18.2 Å². The standard InChI is InChI=1S/C13H16N2O2S/c16-13(11-7-18-8-14-11)15-10-5-9-3-1-2-4-12(9)17-6-10/h1-4,10-11,14H,5-8H2,(H,15,16)/t10-,11+/m0/s1. The Labute approximate surface area is 110 Å². The third-order valence-corrected chi connectivity index (χ3v) is 4.20. The summed E-state index contributed by atoms with van der Waals surface area (Å²) in [5, 5.41) is 6.24. The fourth-order valence-corrected chi connectivity index (χ4v) is 3.23. The number of hydrogen-bond donors (Lipinski definition) is 2. The fraction of sp³-hybridized carbons (Fsp3) is 0.462. The van der Waals surface area contributed by atoms with Crippen LogP contribution in [0.1, 0.15) is 5.56 Å². The molecule has 0 unspecified atom stereocenters. The molecule has 2 aliphatic heterocycles. The number of benzene rings is 1. The van der Waals surface area contributed by atoms with Crippen LogP contribution in [-0.4, -0.2) is 36.2 Å². The quantitative estimate of drug-likeness (QED) is 0.828. The summed E-state index contributed by atoms with van der Waals surface area (Å²) in [6.45, 7) is 0.558. The number of ether oxygens (including phenoxy) is 1. The van der Waals surface area contributed by atoms with Gasteiger partial charge in [-0.1, -0.05) is 18.2 Å². The van der Waals surface area contributed by atoms with Crippen LogP contribution in [0.5, 0.6) is 5.75 Å². The van der Waals surface area contributed by atoms with Crippen LogP contribution in [0.4, 0.5) is 0 Å². The summed E-state index contributed by atoms with van der Waals surface area (Å²) in [6.07, 6.45) is 0.849. The van der Waals surface area contributed by atoms with Crippen LogP contribution in [0.3, 0.4) is 0 Å². The van der Waals surface area contributed by atoms with E-state index in [0.717, 1.165) is 23.8 Å². The lowest BCUT2D eigenvalue weighted by atomic mass is 10.0. The zero-order valence-corrected chi connectivity index (χ0v) is 10.8. The molecule has 0 bridgehead atoms.